The summed E-state index contributed by atoms with van der Waals surface area (Å²) in [6.45, 7) is 6.37. The summed E-state index contributed by atoms with van der Waals surface area (Å²) in [5, 5.41) is 12.2. The SMILES string of the molecule is CCC(C)c1ccc(NC(=O)CSc2nnc(C(C)N(C)C)n2-c2ccc(F)cc2)cc1. The molecule has 3 rings (SSSR count). The van der Waals surface area contributed by atoms with Crippen molar-refractivity contribution in [3.8, 4) is 5.69 Å². The van der Waals surface area contributed by atoms with Crippen molar-refractivity contribution in [1.29, 1.82) is 0 Å². The third-order valence-electron chi connectivity index (χ3n) is 5.60. The fourth-order valence-corrected chi connectivity index (χ4v) is 3.93. The first-order valence-electron chi connectivity index (χ1n) is 10.7. The topological polar surface area (TPSA) is 63.1 Å². The van der Waals surface area contributed by atoms with Crippen LogP contribution in [0.25, 0.3) is 5.69 Å². The quantitative estimate of drug-likeness (QED) is 0.445. The fourth-order valence-electron chi connectivity index (χ4n) is 3.17. The van der Waals surface area contributed by atoms with Gasteiger partial charge in [-0.25, -0.2) is 4.39 Å². The maximum Gasteiger partial charge on any atom is 0.234 e. The van der Waals surface area contributed by atoms with Crippen LogP contribution < -0.4 is 5.32 Å². The van der Waals surface area contributed by atoms with Crippen LogP contribution in [0.1, 0.15) is 50.5 Å². The van der Waals surface area contributed by atoms with Crippen LogP contribution in [0, 0.1) is 5.82 Å². The van der Waals surface area contributed by atoms with Crippen LogP contribution in [-0.4, -0.2) is 45.4 Å². The number of carbonyl (C=O) groups excluding carboxylic acids is 1. The molecule has 0 aliphatic heterocycles. The third-order valence-corrected chi connectivity index (χ3v) is 6.53. The Morgan fingerprint density at radius 1 is 1.09 bits per heavy atom. The molecular formula is C24H30FN5OS. The number of nitrogens with zero attached hydrogens (tertiary/aromatic N) is 4. The van der Waals surface area contributed by atoms with Gasteiger partial charge in [-0.3, -0.25) is 14.3 Å². The number of rotatable bonds is 9. The standard InChI is InChI=1S/C24H30FN5OS/c1-6-16(2)18-7-11-20(12-8-18)26-22(31)15-32-24-28-27-23(17(3)29(4)5)30(24)21-13-9-19(25)10-14-21/h7-14,16-17H,6,15H2,1-5H3,(H,26,31). The third kappa shape index (κ3) is 5.75. The van der Waals surface area contributed by atoms with E-state index in [0.717, 1.165) is 23.6 Å². The fraction of sp³-hybridized carbons (Fsp3) is 0.375. The Balaban J connectivity index is 1.74. The number of hydrogen-bond donors (Lipinski definition) is 1. The second-order valence-corrected chi connectivity index (χ2v) is 9.00. The maximum atomic E-state index is 13.5. The summed E-state index contributed by atoms with van der Waals surface area (Å²) in [5.74, 6) is 0.971. The lowest BCUT2D eigenvalue weighted by atomic mass is 9.99. The van der Waals surface area contributed by atoms with Crippen molar-refractivity contribution in [1.82, 2.24) is 19.7 Å². The van der Waals surface area contributed by atoms with E-state index >= 15 is 0 Å². The highest BCUT2D eigenvalue weighted by Gasteiger charge is 2.21. The van der Waals surface area contributed by atoms with Crippen molar-refractivity contribution >= 4 is 23.4 Å². The van der Waals surface area contributed by atoms with Crippen LogP contribution in [0.5, 0.6) is 0 Å². The van der Waals surface area contributed by atoms with Gasteiger partial charge in [0.25, 0.3) is 0 Å². The van der Waals surface area contributed by atoms with E-state index in [-0.39, 0.29) is 23.5 Å². The molecule has 3 aromatic rings. The summed E-state index contributed by atoms with van der Waals surface area (Å²) < 4.78 is 15.3. The largest absolute Gasteiger partial charge is 0.325 e. The predicted molar refractivity (Wildman–Crippen MR) is 128 cm³/mol. The first kappa shape index (κ1) is 23.9. The molecule has 0 aliphatic rings. The zero-order valence-corrected chi connectivity index (χ0v) is 20.0. The molecule has 1 N–H and O–H groups in total. The minimum absolute atomic E-state index is 0.0141. The van der Waals surface area contributed by atoms with Crippen LogP contribution in [0.2, 0.25) is 0 Å². The van der Waals surface area contributed by atoms with Crippen molar-refractivity contribution in [3.05, 3.63) is 65.7 Å². The van der Waals surface area contributed by atoms with E-state index in [1.807, 2.05) is 42.6 Å². The molecule has 0 aliphatic carbocycles. The summed E-state index contributed by atoms with van der Waals surface area (Å²) in [6.07, 6.45) is 1.07. The highest BCUT2D eigenvalue weighted by Crippen LogP contribution is 2.27. The number of benzene rings is 2. The predicted octanol–water partition coefficient (Wildman–Crippen LogP) is 5.27. The van der Waals surface area contributed by atoms with Crippen LogP contribution in [0.15, 0.2) is 53.7 Å². The monoisotopic (exact) mass is 455 g/mol. The molecule has 170 valence electrons. The number of hydrogen-bond acceptors (Lipinski definition) is 5. The first-order valence-corrected chi connectivity index (χ1v) is 11.7. The number of aromatic nitrogens is 3. The molecule has 0 radical (unpaired) electrons. The Bertz CT molecular complexity index is 1030. The van der Waals surface area contributed by atoms with Gasteiger partial charge < -0.3 is 5.32 Å². The molecule has 6 nitrogen and oxygen atoms in total. The highest BCUT2D eigenvalue weighted by atomic mass is 32.2. The molecule has 32 heavy (non-hydrogen) atoms. The minimum Gasteiger partial charge on any atom is -0.325 e. The molecule has 0 fully saturated rings. The van der Waals surface area contributed by atoms with Gasteiger partial charge in [-0.1, -0.05) is 37.7 Å². The van der Waals surface area contributed by atoms with E-state index in [1.165, 1.54) is 29.5 Å². The van der Waals surface area contributed by atoms with Gasteiger partial charge in [0.2, 0.25) is 5.91 Å². The van der Waals surface area contributed by atoms with Crippen molar-refractivity contribution in [3.63, 3.8) is 0 Å². The average molecular weight is 456 g/mol. The van der Waals surface area contributed by atoms with E-state index in [4.69, 9.17) is 0 Å². The number of anilines is 1. The summed E-state index contributed by atoms with van der Waals surface area (Å²) in [6, 6.07) is 14.1. The van der Waals surface area contributed by atoms with Gasteiger partial charge in [0, 0.05) is 11.4 Å². The van der Waals surface area contributed by atoms with Gasteiger partial charge >= 0.3 is 0 Å². The Morgan fingerprint density at radius 3 is 2.34 bits per heavy atom. The Morgan fingerprint density at radius 2 is 1.75 bits per heavy atom. The zero-order chi connectivity index (χ0) is 23.3. The molecule has 1 aromatic heterocycles. The van der Waals surface area contributed by atoms with Gasteiger partial charge in [-0.2, -0.15) is 0 Å². The maximum absolute atomic E-state index is 13.5. The zero-order valence-electron chi connectivity index (χ0n) is 19.2. The average Bonchev–Trinajstić information content (AvgIpc) is 3.21. The smallest absolute Gasteiger partial charge is 0.234 e. The number of thioether (sulfide) groups is 1. The van der Waals surface area contributed by atoms with E-state index < -0.39 is 0 Å². The van der Waals surface area contributed by atoms with Gasteiger partial charge in [0.1, 0.15) is 5.82 Å². The second-order valence-electron chi connectivity index (χ2n) is 8.06. The normalized spacial score (nSPS) is 13.2. The van der Waals surface area contributed by atoms with E-state index in [2.05, 4.69) is 41.5 Å². The lowest BCUT2D eigenvalue weighted by molar-refractivity contribution is -0.113. The molecule has 2 aromatic carbocycles. The molecule has 8 heteroatoms. The molecule has 0 spiro atoms. The van der Waals surface area contributed by atoms with Crippen molar-refractivity contribution in [2.75, 3.05) is 25.2 Å². The highest BCUT2D eigenvalue weighted by molar-refractivity contribution is 7.99. The molecule has 2 unspecified atom stereocenters. The van der Waals surface area contributed by atoms with Crippen LogP contribution in [-0.2, 0) is 4.79 Å². The van der Waals surface area contributed by atoms with E-state index in [1.54, 1.807) is 12.1 Å². The summed E-state index contributed by atoms with van der Waals surface area (Å²) in [7, 11) is 3.92. The number of amides is 1. The minimum atomic E-state index is -0.308. The summed E-state index contributed by atoms with van der Waals surface area (Å²) >= 11 is 1.30. The molecule has 0 saturated carbocycles. The lowest BCUT2D eigenvalue weighted by Gasteiger charge is -2.20. The Kier molecular flexibility index (Phi) is 8.04. The molecule has 1 heterocycles. The molecule has 0 saturated heterocycles. The first-order chi connectivity index (χ1) is 15.3. The number of carbonyl (C=O) groups is 1. The molecule has 2 atom stereocenters. The molecule has 1 amide bonds. The summed E-state index contributed by atoms with van der Waals surface area (Å²) in [5.41, 5.74) is 2.78. The number of halogens is 1. The van der Waals surface area contributed by atoms with Crippen LogP contribution >= 0.6 is 11.8 Å². The molecular weight excluding hydrogens is 425 g/mol. The Hall–Kier alpha value is -2.71. The van der Waals surface area contributed by atoms with Gasteiger partial charge in [0.05, 0.1) is 11.8 Å². The summed E-state index contributed by atoms with van der Waals surface area (Å²) in [4.78, 5) is 14.6. The number of nitrogens with one attached hydrogen (secondary N) is 1. The van der Waals surface area contributed by atoms with Gasteiger partial charge in [-0.05, 0) is 75.3 Å². The van der Waals surface area contributed by atoms with Gasteiger partial charge in [-0.15, -0.1) is 10.2 Å². The van der Waals surface area contributed by atoms with Crippen LogP contribution in [0.3, 0.4) is 0 Å². The van der Waals surface area contributed by atoms with Crippen LogP contribution in [0.4, 0.5) is 10.1 Å². The van der Waals surface area contributed by atoms with E-state index in [0.29, 0.717) is 11.1 Å². The van der Waals surface area contributed by atoms with Gasteiger partial charge in [0.15, 0.2) is 11.0 Å². The van der Waals surface area contributed by atoms with Crippen molar-refractivity contribution < 1.29 is 9.18 Å². The lowest BCUT2D eigenvalue weighted by Crippen LogP contribution is -2.21. The van der Waals surface area contributed by atoms with Crippen molar-refractivity contribution in [2.24, 2.45) is 0 Å². The second kappa shape index (κ2) is 10.7. The van der Waals surface area contributed by atoms with E-state index in [9.17, 15) is 9.18 Å². The van der Waals surface area contributed by atoms with Crippen molar-refractivity contribution in [2.45, 2.75) is 44.3 Å². The molecule has 0 bridgehead atoms. The Labute approximate surface area is 193 Å².